The quantitative estimate of drug-likeness (QED) is 0.229. The fourth-order valence-electron chi connectivity index (χ4n) is 6.87. The van der Waals surface area contributed by atoms with Crippen LogP contribution in [0.25, 0.3) is 69.6 Å². The summed E-state index contributed by atoms with van der Waals surface area (Å²) in [7, 11) is 0. The lowest BCUT2D eigenvalue weighted by atomic mass is 10.1. The molecule has 4 heterocycles. The Morgan fingerprint density at radius 2 is 1.29 bits per heavy atom. The van der Waals surface area contributed by atoms with Crippen molar-refractivity contribution >= 4 is 80.9 Å². The van der Waals surface area contributed by atoms with Crippen LogP contribution in [-0.2, 0) is 0 Å². The van der Waals surface area contributed by atoms with Crippen molar-refractivity contribution in [1.82, 2.24) is 4.57 Å². The number of nitrogens with zero attached hydrogens (tertiary/aromatic N) is 1. The molecular weight excluding hydrogens is 536 g/mol. The number of thiophene rings is 1. The molecule has 6 aromatic carbocycles. The predicted molar refractivity (Wildman–Crippen MR) is 174 cm³/mol. The molecule has 1 N–H and O–H groups in total. The summed E-state index contributed by atoms with van der Waals surface area (Å²) < 4.78 is 17.7. The number of ether oxygens (including phenoxy) is 1. The lowest BCUT2D eigenvalue weighted by Crippen LogP contribution is -2.10. The van der Waals surface area contributed by atoms with Crippen LogP contribution in [0.4, 0.5) is 5.69 Å². The Balaban J connectivity index is 1.23. The Morgan fingerprint density at radius 3 is 2.10 bits per heavy atom. The van der Waals surface area contributed by atoms with Gasteiger partial charge in [-0.05, 0) is 48.5 Å². The highest BCUT2D eigenvalue weighted by molar-refractivity contribution is 7.26. The van der Waals surface area contributed by atoms with E-state index in [1.807, 2.05) is 35.6 Å². The number of aromatic nitrogens is 1. The van der Waals surface area contributed by atoms with Gasteiger partial charge in [-0.15, -0.1) is 11.3 Å². The van der Waals surface area contributed by atoms with Gasteiger partial charge in [0.25, 0.3) is 0 Å². The zero-order chi connectivity index (χ0) is 27.4. The third kappa shape index (κ3) is 2.90. The number of hydrogen-bond acceptors (Lipinski definition) is 4. The molecule has 9 aromatic rings. The van der Waals surface area contributed by atoms with E-state index in [1.165, 1.54) is 47.7 Å². The van der Waals surface area contributed by atoms with Gasteiger partial charge in [-0.1, -0.05) is 72.8 Å². The van der Waals surface area contributed by atoms with Gasteiger partial charge in [0.2, 0.25) is 0 Å². The van der Waals surface area contributed by atoms with Gasteiger partial charge >= 0.3 is 0 Å². The smallest absolute Gasteiger partial charge is 0.198 e. The molecule has 5 heteroatoms. The van der Waals surface area contributed by atoms with E-state index in [4.69, 9.17) is 9.15 Å². The standard InChI is InChI=1S/C37H22N2O2S/c1-5-13-26-21(9-1)22-10-2-6-14-27(22)39(26)28-18-17-25(36-33(28)24-12-4-8-16-32(24)42-36)37-38-35-31(41-37)20-19-30-34(35)23-11-3-7-15-29(23)40-30/h1-20,37-38H. The lowest BCUT2D eigenvalue weighted by Gasteiger charge is -2.16. The fraction of sp³-hybridized carbons (Fsp3) is 0.0270. The van der Waals surface area contributed by atoms with Gasteiger partial charge in [0.15, 0.2) is 6.23 Å². The molecule has 0 saturated heterocycles. The molecule has 10 rings (SSSR count). The van der Waals surface area contributed by atoms with Crippen LogP contribution in [0.1, 0.15) is 11.8 Å². The number of fused-ring (bicyclic) bond motifs is 11. The summed E-state index contributed by atoms with van der Waals surface area (Å²) in [6, 6.07) is 42.9. The average Bonchev–Trinajstić information content (AvgIpc) is 3.80. The highest BCUT2D eigenvalue weighted by Crippen LogP contribution is 2.49. The van der Waals surface area contributed by atoms with Crippen molar-refractivity contribution in [3.05, 3.63) is 127 Å². The minimum atomic E-state index is -0.318. The molecule has 0 saturated carbocycles. The lowest BCUT2D eigenvalue weighted by molar-refractivity contribution is 0.261. The monoisotopic (exact) mass is 558 g/mol. The van der Waals surface area contributed by atoms with Crippen LogP contribution in [0, 0.1) is 0 Å². The summed E-state index contributed by atoms with van der Waals surface area (Å²) >= 11 is 1.83. The minimum Gasteiger partial charge on any atom is -0.464 e. The molecule has 0 bridgehead atoms. The van der Waals surface area contributed by atoms with Crippen molar-refractivity contribution in [2.24, 2.45) is 0 Å². The molecule has 42 heavy (non-hydrogen) atoms. The molecular formula is C37H22N2O2S. The Labute approximate surface area is 244 Å². The second-order valence-electron chi connectivity index (χ2n) is 10.9. The summed E-state index contributed by atoms with van der Waals surface area (Å²) in [6.45, 7) is 0. The maximum absolute atomic E-state index is 6.64. The third-order valence-electron chi connectivity index (χ3n) is 8.66. The van der Waals surface area contributed by atoms with Gasteiger partial charge in [-0.25, -0.2) is 0 Å². The summed E-state index contributed by atoms with van der Waals surface area (Å²) in [5.74, 6) is 0.847. The first-order valence-electron chi connectivity index (χ1n) is 14.1. The number of nitrogens with one attached hydrogen (secondary N) is 1. The first-order chi connectivity index (χ1) is 20.8. The molecule has 3 aromatic heterocycles. The summed E-state index contributed by atoms with van der Waals surface area (Å²) in [5.41, 5.74) is 7.46. The first kappa shape index (κ1) is 22.4. The highest BCUT2D eigenvalue weighted by atomic mass is 32.1. The summed E-state index contributed by atoms with van der Waals surface area (Å²) in [5, 5.41) is 10.9. The van der Waals surface area contributed by atoms with Crippen molar-refractivity contribution in [2.75, 3.05) is 5.32 Å². The summed E-state index contributed by atoms with van der Waals surface area (Å²) in [6.07, 6.45) is -0.318. The molecule has 4 nitrogen and oxygen atoms in total. The number of furan rings is 1. The van der Waals surface area contributed by atoms with Crippen LogP contribution in [0.3, 0.4) is 0 Å². The number of benzene rings is 6. The van der Waals surface area contributed by atoms with Crippen LogP contribution >= 0.6 is 11.3 Å². The zero-order valence-corrected chi connectivity index (χ0v) is 23.1. The maximum atomic E-state index is 6.64. The van der Waals surface area contributed by atoms with Crippen molar-refractivity contribution < 1.29 is 9.15 Å². The van der Waals surface area contributed by atoms with Gasteiger partial charge in [0, 0.05) is 41.9 Å². The van der Waals surface area contributed by atoms with Gasteiger partial charge in [-0.2, -0.15) is 0 Å². The van der Waals surface area contributed by atoms with Crippen molar-refractivity contribution in [1.29, 1.82) is 0 Å². The fourth-order valence-corrected chi connectivity index (χ4v) is 8.13. The van der Waals surface area contributed by atoms with E-state index in [1.54, 1.807) is 0 Å². The van der Waals surface area contributed by atoms with E-state index in [2.05, 4.69) is 107 Å². The molecule has 1 atom stereocenters. The number of anilines is 1. The minimum absolute atomic E-state index is 0.318. The molecule has 0 aliphatic carbocycles. The van der Waals surface area contributed by atoms with Crippen molar-refractivity contribution in [3.63, 3.8) is 0 Å². The molecule has 0 fully saturated rings. The van der Waals surface area contributed by atoms with Crippen LogP contribution in [-0.4, -0.2) is 4.57 Å². The Bertz CT molecular complexity index is 2500. The normalized spacial score (nSPS) is 14.8. The molecule has 1 aliphatic rings. The Hall–Kier alpha value is -5.26. The maximum Gasteiger partial charge on any atom is 0.198 e. The second-order valence-corrected chi connectivity index (χ2v) is 12.0. The third-order valence-corrected chi connectivity index (χ3v) is 9.88. The summed E-state index contributed by atoms with van der Waals surface area (Å²) in [4.78, 5) is 0. The van der Waals surface area contributed by atoms with E-state index in [9.17, 15) is 0 Å². The Kier molecular flexibility index (Phi) is 4.35. The van der Waals surface area contributed by atoms with E-state index < -0.39 is 0 Å². The largest absolute Gasteiger partial charge is 0.464 e. The van der Waals surface area contributed by atoms with Gasteiger partial charge in [-0.3, -0.25) is 0 Å². The van der Waals surface area contributed by atoms with Crippen molar-refractivity contribution in [3.8, 4) is 11.4 Å². The van der Waals surface area contributed by atoms with Gasteiger partial charge < -0.3 is 19.0 Å². The van der Waals surface area contributed by atoms with Gasteiger partial charge in [0.05, 0.1) is 27.8 Å². The molecule has 1 aliphatic heterocycles. The second kappa shape index (κ2) is 8.15. The average molecular weight is 559 g/mol. The molecule has 0 radical (unpaired) electrons. The highest BCUT2D eigenvalue weighted by Gasteiger charge is 2.30. The van der Waals surface area contributed by atoms with E-state index >= 15 is 0 Å². The number of para-hydroxylation sites is 3. The number of rotatable bonds is 2. The topological polar surface area (TPSA) is 39.3 Å². The van der Waals surface area contributed by atoms with E-state index in [-0.39, 0.29) is 6.23 Å². The molecule has 198 valence electrons. The molecule has 0 spiro atoms. The molecule has 0 amide bonds. The number of hydrogen-bond donors (Lipinski definition) is 1. The van der Waals surface area contributed by atoms with Crippen molar-refractivity contribution in [2.45, 2.75) is 6.23 Å². The van der Waals surface area contributed by atoms with Crippen LogP contribution in [0.2, 0.25) is 0 Å². The van der Waals surface area contributed by atoms with E-state index in [0.717, 1.165) is 38.9 Å². The predicted octanol–water partition coefficient (Wildman–Crippen LogP) is 10.6. The van der Waals surface area contributed by atoms with Crippen LogP contribution in [0.15, 0.2) is 126 Å². The van der Waals surface area contributed by atoms with Gasteiger partial charge in [0.1, 0.15) is 16.9 Å². The van der Waals surface area contributed by atoms with E-state index in [0.29, 0.717) is 0 Å². The Morgan fingerprint density at radius 1 is 0.595 bits per heavy atom. The zero-order valence-electron chi connectivity index (χ0n) is 22.3. The first-order valence-corrected chi connectivity index (χ1v) is 15.0. The van der Waals surface area contributed by atoms with Crippen LogP contribution < -0.4 is 10.1 Å². The SMILES string of the molecule is c1ccc2c(c1)oc1ccc3c(c12)NC(c1ccc(-n2c4ccccc4c4ccccc42)c2c1sc1ccccc12)O3. The molecule has 1 unspecified atom stereocenters. The van der Waals surface area contributed by atoms with Crippen LogP contribution in [0.5, 0.6) is 5.75 Å².